The lowest BCUT2D eigenvalue weighted by Gasteiger charge is -2.28. The highest BCUT2D eigenvalue weighted by Gasteiger charge is 2.30. The smallest absolute Gasteiger partial charge is 0.308 e. The fraction of sp³-hybridized carbons (Fsp3) is 0.469. The van der Waals surface area contributed by atoms with E-state index in [1.54, 1.807) is 17.4 Å². The van der Waals surface area contributed by atoms with Crippen LogP contribution in [0.5, 0.6) is 11.5 Å². The molecular formula is C32H37NO6S. The van der Waals surface area contributed by atoms with E-state index in [2.05, 4.69) is 4.90 Å². The first kappa shape index (κ1) is 28.3. The average molecular weight is 564 g/mol. The zero-order valence-corrected chi connectivity index (χ0v) is 24.1. The van der Waals surface area contributed by atoms with Crippen molar-refractivity contribution in [1.82, 2.24) is 4.90 Å². The van der Waals surface area contributed by atoms with E-state index < -0.39 is 0 Å². The summed E-state index contributed by atoms with van der Waals surface area (Å²) in [5.74, 6) is 0.768. The van der Waals surface area contributed by atoms with Gasteiger partial charge in [-0.2, -0.15) is 0 Å². The number of nitrogens with zero attached hydrogens (tertiary/aromatic N) is 1. The summed E-state index contributed by atoms with van der Waals surface area (Å²) in [7, 11) is 0. The summed E-state index contributed by atoms with van der Waals surface area (Å²) in [6.07, 6.45) is 6.99. The molecule has 1 saturated carbocycles. The Kier molecular flexibility index (Phi) is 9.17. The number of benzene rings is 2. The molecule has 1 aliphatic heterocycles. The lowest BCUT2D eigenvalue weighted by molar-refractivity contribution is -0.147. The highest BCUT2D eigenvalue weighted by Crippen LogP contribution is 2.44. The van der Waals surface area contributed by atoms with Gasteiger partial charge in [0.05, 0.1) is 0 Å². The maximum Gasteiger partial charge on any atom is 0.308 e. The van der Waals surface area contributed by atoms with Crippen molar-refractivity contribution in [3.8, 4) is 11.5 Å². The molecule has 40 heavy (non-hydrogen) atoms. The number of carbonyl (C=O) groups is 3. The van der Waals surface area contributed by atoms with E-state index in [1.807, 2.05) is 36.4 Å². The third kappa shape index (κ3) is 6.91. The number of thiophene rings is 1. The number of likely N-dealkylation sites (tertiary alicyclic amines) is 1. The maximum absolute atomic E-state index is 14.0. The monoisotopic (exact) mass is 563 g/mol. The van der Waals surface area contributed by atoms with Crippen molar-refractivity contribution in [2.75, 3.05) is 26.2 Å². The van der Waals surface area contributed by atoms with E-state index in [4.69, 9.17) is 14.2 Å². The molecule has 212 valence electrons. The minimum atomic E-state index is -0.380. The van der Waals surface area contributed by atoms with E-state index in [0.717, 1.165) is 66.0 Å². The topological polar surface area (TPSA) is 82.1 Å². The SMILES string of the molecule is CC(=O)Oc1ccc2c(C(=O)c3ccc(OCCN4CCCCC4)cc3)c(C3CCC(OC(C)=O)CC3)sc2c1. The van der Waals surface area contributed by atoms with E-state index in [9.17, 15) is 14.4 Å². The molecule has 3 aromatic rings. The number of hydrogen-bond donors (Lipinski definition) is 0. The molecule has 7 nitrogen and oxygen atoms in total. The van der Waals surface area contributed by atoms with E-state index >= 15 is 0 Å². The molecule has 5 rings (SSSR count). The molecule has 2 aliphatic rings. The standard InChI is InChI=1S/C32H37NO6S/c1-21(34)38-26-12-8-24(9-13-26)32-30(28-15-14-27(39-22(2)35)20-29(28)40-32)31(36)23-6-10-25(11-7-23)37-19-18-33-16-4-3-5-17-33/h6-7,10-11,14-15,20,24,26H,3-5,8-9,12-13,16-19H2,1-2H3. The van der Waals surface area contributed by atoms with Gasteiger partial charge in [0.2, 0.25) is 0 Å². The second-order valence-electron chi connectivity index (χ2n) is 10.8. The Hall–Kier alpha value is -3.23. The second kappa shape index (κ2) is 13.0. The van der Waals surface area contributed by atoms with Gasteiger partial charge < -0.3 is 14.2 Å². The van der Waals surface area contributed by atoms with Gasteiger partial charge in [0, 0.05) is 46.5 Å². The quantitative estimate of drug-likeness (QED) is 0.167. The maximum atomic E-state index is 14.0. The van der Waals surface area contributed by atoms with Crippen molar-refractivity contribution in [2.45, 2.75) is 70.8 Å². The molecule has 1 saturated heterocycles. The lowest BCUT2D eigenvalue weighted by Crippen LogP contribution is -2.33. The molecule has 0 amide bonds. The number of fused-ring (bicyclic) bond motifs is 1. The Balaban J connectivity index is 1.36. The molecule has 0 radical (unpaired) electrons. The van der Waals surface area contributed by atoms with Gasteiger partial charge in [-0.25, -0.2) is 0 Å². The first-order valence-electron chi connectivity index (χ1n) is 14.3. The van der Waals surface area contributed by atoms with Crippen LogP contribution in [-0.4, -0.2) is 55.0 Å². The molecule has 0 spiro atoms. The minimum Gasteiger partial charge on any atom is -0.492 e. The number of ether oxygens (including phenoxy) is 3. The van der Waals surface area contributed by atoms with Crippen LogP contribution in [0.4, 0.5) is 0 Å². The van der Waals surface area contributed by atoms with Gasteiger partial charge in [-0.05, 0) is 100.0 Å². The van der Waals surface area contributed by atoms with Crippen molar-refractivity contribution in [2.24, 2.45) is 0 Å². The Morgan fingerprint density at radius 2 is 1.57 bits per heavy atom. The summed E-state index contributed by atoms with van der Waals surface area (Å²) in [5, 5.41) is 0.866. The molecule has 2 fully saturated rings. The lowest BCUT2D eigenvalue weighted by atomic mass is 9.83. The van der Waals surface area contributed by atoms with Crippen LogP contribution < -0.4 is 9.47 Å². The molecule has 2 heterocycles. The zero-order valence-electron chi connectivity index (χ0n) is 23.3. The molecule has 0 bridgehead atoms. The van der Waals surface area contributed by atoms with Gasteiger partial charge in [0.15, 0.2) is 5.78 Å². The number of ketones is 1. The van der Waals surface area contributed by atoms with Crippen molar-refractivity contribution >= 4 is 39.1 Å². The fourth-order valence-electron chi connectivity index (χ4n) is 5.85. The first-order chi connectivity index (χ1) is 19.4. The van der Waals surface area contributed by atoms with Crippen LogP contribution in [0.2, 0.25) is 0 Å². The second-order valence-corrected chi connectivity index (χ2v) is 11.9. The number of piperidine rings is 1. The van der Waals surface area contributed by atoms with Crippen molar-refractivity contribution in [3.05, 3.63) is 58.5 Å². The van der Waals surface area contributed by atoms with E-state index in [1.165, 1.54) is 33.1 Å². The summed E-state index contributed by atoms with van der Waals surface area (Å²) in [5.41, 5.74) is 1.33. The summed E-state index contributed by atoms with van der Waals surface area (Å²) in [6.45, 7) is 6.65. The fourth-order valence-corrected chi connectivity index (χ4v) is 7.25. The summed E-state index contributed by atoms with van der Waals surface area (Å²) < 4.78 is 17.6. The third-order valence-corrected chi connectivity index (χ3v) is 9.11. The third-order valence-electron chi connectivity index (χ3n) is 7.80. The number of esters is 2. The van der Waals surface area contributed by atoms with Crippen molar-refractivity contribution in [3.63, 3.8) is 0 Å². The molecule has 2 aromatic carbocycles. The summed E-state index contributed by atoms with van der Waals surface area (Å²) in [6, 6.07) is 12.9. The van der Waals surface area contributed by atoms with Crippen LogP contribution in [-0.2, 0) is 14.3 Å². The number of carbonyl (C=O) groups excluding carboxylic acids is 3. The normalized spacial score (nSPS) is 19.8. The predicted molar refractivity (Wildman–Crippen MR) is 156 cm³/mol. The summed E-state index contributed by atoms with van der Waals surface area (Å²) in [4.78, 5) is 40.4. The van der Waals surface area contributed by atoms with Gasteiger partial charge in [-0.3, -0.25) is 19.3 Å². The molecule has 1 aromatic heterocycles. The molecule has 8 heteroatoms. The summed E-state index contributed by atoms with van der Waals surface area (Å²) >= 11 is 1.59. The average Bonchev–Trinajstić information content (AvgIpc) is 3.32. The highest BCUT2D eigenvalue weighted by molar-refractivity contribution is 7.19. The Bertz CT molecular complexity index is 1350. The van der Waals surface area contributed by atoms with Crippen LogP contribution in [0.15, 0.2) is 42.5 Å². The van der Waals surface area contributed by atoms with Gasteiger partial charge in [0.1, 0.15) is 24.2 Å². The Morgan fingerprint density at radius 3 is 2.25 bits per heavy atom. The Labute approximate surface area is 239 Å². The van der Waals surface area contributed by atoms with E-state index in [0.29, 0.717) is 23.5 Å². The van der Waals surface area contributed by atoms with Gasteiger partial charge in [-0.15, -0.1) is 11.3 Å². The van der Waals surface area contributed by atoms with Gasteiger partial charge >= 0.3 is 11.9 Å². The molecule has 1 aliphatic carbocycles. The van der Waals surface area contributed by atoms with Crippen LogP contribution in [0, 0.1) is 0 Å². The van der Waals surface area contributed by atoms with Crippen LogP contribution in [0.1, 0.15) is 85.5 Å². The molecule has 0 unspecified atom stereocenters. The Morgan fingerprint density at radius 1 is 0.875 bits per heavy atom. The van der Waals surface area contributed by atoms with Crippen molar-refractivity contribution in [1.29, 1.82) is 0 Å². The number of hydrogen-bond acceptors (Lipinski definition) is 8. The van der Waals surface area contributed by atoms with Crippen LogP contribution in [0.3, 0.4) is 0 Å². The van der Waals surface area contributed by atoms with E-state index in [-0.39, 0.29) is 29.7 Å². The number of rotatable bonds is 9. The van der Waals surface area contributed by atoms with Crippen LogP contribution in [0.25, 0.3) is 10.1 Å². The molecule has 0 atom stereocenters. The zero-order chi connectivity index (χ0) is 28.1. The largest absolute Gasteiger partial charge is 0.492 e. The van der Waals surface area contributed by atoms with Gasteiger partial charge in [0.25, 0.3) is 0 Å². The van der Waals surface area contributed by atoms with Crippen LogP contribution >= 0.6 is 11.3 Å². The minimum absolute atomic E-state index is 0.0246. The highest BCUT2D eigenvalue weighted by atomic mass is 32.1. The van der Waals surface area contributed by atoms with Crippen molar-refractivity contribution < 1.29 is 28.6 Å². The predicted octanol–water partition coefficient (Wildman–Crippen LogP) is 6.51. The molecule has 0 N–H and O–H groups in total. The van der Waals surface area contributed by atoms with Gasteiger partial charge in [-0.1, -0.05) is 6.42 Å². The first-order valence-corrected chi connectivity index (χ1v) is 15.1. The molecular weight excluding hydrogens is 526 g/mol.